The van der Waals surface area contributed by atoms with E-state index in [9.17, 15) is 0 Å². The molecule has 2 aromatic heterocycles. The van der Waals surface area contributed by atoms with Crippen molar-refractivity contribution in [2.45, 2.75) is 0 Å². The Morgan fingerprint density at radius 2 is 0.623 bits per heavy atom. The van der Waals surface area contributed by atoms with Gasteiger partial charge in [0.25, 0.3) is 0 Å². The van der Waals surface area contributed by atoms with Crippen LogP contribution in [0.25, 0.3) is 111 Å². The fourth-order valence-electron chi connectivity index (χ4n) is 8.33. The lowest BCUT2D eigenvalue weighted by molar-refractivity contribution is 0.669. The molecule has 0 aliphatic carbocycles. The van der Waals surface area contributed by atoms with Gasteiger partial charge in [0, 0.05) is 27.5 Å². The van der Waals surface area contributed by atoms with Gasteiger partial charge in [0.05, 0.1) is 11.4 Å². The number of hydrogen-bond acceptors (Lipinski definition) is 3. The Hall–Kier alpha value is -8.14. The van der Waals surface area contributed by atoms with Crippen LogP contribution in [0.2, 0.25) is 0 Å². The first-order valence-electron chi connectivity index (χ1n) is 20.6. The Labute approximate surface area is 354 Å². The van der Waals surface area contributed by atoms with Crippen LogP contribution < -0.4 is 0 Å². The van der Waals surface area contributed by atoms with E-state index in [-0.39, 0.29) is 0 Å². The average Bonchev–Trinajstić information content (AvgIpc) is 3.73. The Balaban J connectivity index is 1.06. The van der Waals surface area contributed by atoms with E-state index in [0.717, 1.165) is 77.8 Å². The summed E-state index contributed by atoms with van der Waals surface area (Å²) in [4.78, 5) is 10.5. The molecule has 0 aliphatic rings. The summed E-state index contributed by atoms with van der Waals surface area (Å²) in [6.45, 7) is 0. The summed E-state index contributed by atoms with van der Waals surface area (Å²) >= 11 is 0. The van der Waals surface area contributed by atoms with E-state index in [4.69, 9.17) is 14.4 Å². The van der Waals surface area contributed by atoms with Crippen LogP contribution in [0, 0.1) is 0 Å². The number of para-hydroxylation sites is 1. The van der Waals surface area contributed by atoms with E-state index >= 15 is 0 Å². The summed E-state index contributed by atoms with van der Waals surface area (Å²) in [5.41, 5.74) is 18.0. The Bertz CT molecular complexity index is 3330. The highest BCUT2D eigenvalue weighted by molar-refractivity contribution is 6.06. The van der Waals surface area contributed by atoms with Crippen molar-refractivity contribution in [2.75, 3.05) is 0 Å². The van der Waals surface area contributed by atoms with Crippen LogP contribution in [-0.4, -0.2) is 9.97 Å². The van der Waals surface area contributed by atoms with Crippen molar-refractivity contribution in [1.29, 1.82) is 0 Å². The standard InChI is InChI=1S/C58H38N2O/c1-4-14-39(15-5-1)44-20-12-22-46(32-44)41-26-28-42(29-27-41)54-38-55(60-58(59-54)43-18-8-3-9-19-43)51-35-49(47-23-13-21-45(33-47)40-16-6-2-7-17-40)34-50(36-51)48-30-31-57-53(37-48)52-24-10-11-25-56(52)61-57/h1-38H. The van der Waals surface area contributed by atoms with Gasteiger partial charge in [0.15, 0.2) is 5.82 Å². The lowest BCUT2D eigenvalue weighted by Crippen LogP contribution is -1.96. The fourth-order valence-corrected chi connectivity index (χ4v) is 8.33. The van der Waals surface area contributed by atoms with Crippen molar-refractivity contribution in [3.63, 3.8) is 0 Å². The summed E-state index contributed by atoms with van der Waals surface area (Å²) in [6.07, 6.45) is 0. The molecule has 286 valence electrons. The first-order valence-corrected chi connectivity index (χ1v) is 20.6. The molecule has 0 radical (unpaired) electrons. The zero-order valence-corrected chi connectivity index (χ0v) is 33.2. The maximum absolute atomic E-state index is 6.23. The van der Waals surface area contributed by atoms with Crippen LogP contribution in [0.4, 0.5) is 0 Å². The van der Waals surface area contributed by atoms with Crippen LogP contribution in [0.3, 0.4) is 0 Å². The second-order valence-corrected chi connectivity index (χ2v) is 15.4. The molecule has 0 atom stereocenters. The molecule has 0 N–H and O–H groups in total. The van der Waals surface area contributed by atoms with Crippen LogP contribution in [0.15, 0.2) is 235 Å². The molecular formula is C58H38N2O. The zero-order valence-electron chi connectivity index (χ0n) is 33.2. The van der Waals surface area contributed by atoms with Crippen LogP contribution >= 0.6 is 0 Å². The van der Waals surface area contributed by atoms with Crippen molar-refractivity contribution in [2.24, 2.45) is 0 Å². The van der Waals surface area contributed by atoms with Gasteiger partial charge in [0.1, 0.15) is 11.2 Å². The Morgan fingerprint density at radius 3 is 1.23 bits per heavy atom. The number of nitrogens with zero attached hydrogens (tertiary/aromatic N) is 2. The van der Waals surface area contributed by atoms with Gasteiger partial charge >= 0.3 is 0 Å². The van der Waals surface area contributed by atoms with Gasteiger partial charge < -0.3 is 4.42 Å². The minimum atomic E-state index is 0.678. The van der Waals surface area contributed by atoms with Crippen molar-refractivity contribution in [3.05, 3.63) is 231 Å². The number of fused-ring (bicyclic) bond motifs is 3. The minimum absolute atomic E-state index is 0.678. The molecule has 0 aliphatic heterocycles. The van der Waals surface area contributed by atoms with Crippen LogP contribution in [0.5, 0.6) is 0 Å². The zero-order chi connectivity index (χ0) is 40.5. The highest BCUT2D eigenvalue weighted by Gasteiger charge is 2.16. The molecule has 0 saturated carbocycles. The molecule has 0 bridgehead atoms. The Kier molecular flexibility index (Phi) is 9.18. The van der Waals surface area contributed by atoms with Gasteiger partial charge in [-0.05, 0) is 110 Å². The number of furan rings is 1. The molecule has 11 rings (SSSR count). The lowest BCUT2D eigenvalue weighted by atomic mass is 9.92. The van der Waals surface area contributed by atoms with Crippen LogP contribution in [-0.2, 0) is 0 Å². The monoisotopic (exact) mass is 778 g/mol. The molecule has 0 amide bonds. The summed E-state index contributed by atoms with van der Waals surface area (Å²) in [5.74, 6) is 0.678. The van der Waals surface area contributed by atoms with Crippen molar-refractivity contribution >= 4 is 21.9 Å². The fraction of sp³-hybridized carbons (Fsp3) is 0. The van der Waals surface area contributed by atoms with Crippen molar-refractivity contribution < 1.29 is 4.42 Å². The van der Waals surface area contributed by atoms with E-state index in [1.54, 1.807) is 0 Å². The number of rotatable bonds is 8. The topological polar surface area (TPSA) is 38.9 Å². The summed E-state index contributed by atoms with van der Waals surface area (Å²) in [6, 6.07) is 81.3. The van der Waals surface area contributed by atoms with Crippen molar-refractivity contribution in [1.82, 2.24) is 9.97 Å². The third-order valence-electron chi connectivity index (χ3n) is 11.5. The third kappa shape index (κ3) is 7.20. The first kappa shape index (κ1) is 36.0. The minimum Gasteiger partial charge on any atom is -0.456 e. The number of aromatic nitrogens is 2. The molecule has 0 fully saturated rings. The molecule has 0 saturated heterocycles. The number of hydrogen-bond donors (Lipinski definition) is 0. The molecule has 61 heavy (non-hydrogen) atoms. The smallest absolute Gasteiger partial charge is 0.160 e. The molecular weight excluding hydrogens is 741 g/mol. The summed E-state index contributed by atoms with van der Waals surface area (Å²) < 4.78 is 6.23. The SMILES string of the molecule is c1ccc(-c2cccc(-c3ccc(-c4cc(-c5cc(-c6cccc(-c7ccccc7)c6)cc(-c6ccc7oc8ccccc8c7c6)c5)nc(-c5ccccc5)n4)cc3)c2)cc1. The maximum atomic E-state index is 6.23. The van der Waals surface area contributed by atoms with Gasteiger partial charge in [-0.3, -0.25) is 0 Å². The molecule has 3 heteroatoms. The lowest BCUT2D eigenvalue weighted by Gasteiger charge is -2.14. The predicted octanol–water partition coefficient (Wildman–Crippen LogP) is 15.7. The Morgan fingerprint density at radius 1 is 0.230 bits per heavy atom. The molecule has 3 nitrogen and oxygen atoms in total. The average molecular weight is 779 g/mol. The van der Waals surface area contributed by atoms with Gasteiger partial charge in [-0.2, -0.15) is 0 Å². The van der Waals surface area contributed by atoms with E-state index < -0.39 is 0 Å². The quantitative estimate of drug-likeness (QED) is 0.154. The normalized spacial score (nSPS) is 11.3. The van der Waals surface area contributed by atoms with E-state index in [0.29, 0.717) is 5.82 Å². The molecule has 0 spiro atoms. The largest absolute Gasteiger partial charge is 0.456 e. The number of benzene rings is 9. The summed E-state index contributed by atoms with van der Waals surface area (Å²) in [5, 5.41) is 2.20. The predicted molar refractivity (Wildman–Crippen MR) is 253 cm³/mol. The van der Waals surface area contributed by atoms with Gasteiger partial charge in [-0.15, -0.1) is 0 Å². The second-order valence-electron chi connectivity index (χ2n) is 15.4. The molecule has 0 unspecified atom stereocenters. The second kappa shape index (κ2) is 15.6. The van der Waals surface area contributed by atoms with Crippen LogP contribution in [0.1, 0.15) is 0 Å². The van der Waals surface area contributed by atoms with E-state index in [1.807, 2.05) is 30.3 Å². The van der Waals surface area contributed by atoms with Gasteiger partial charge in [-0.25, -0.2) is 9.97 Å². The first-order chi connectivity index (χ1) is 30.2. The van der Waals surface area contributed by atoms with Gasteiger partial charge in [0.2, 0.25) is 0 Å². The molecule has 2 heterocycles. The van der Waals surface area contributed by atoms with Crippen molar-refractivity contribution in [3.8, 4) is 89.5 Å². The third-order valence-corrected chi connectivity index (χ3v) is 11.5. The maximum Gasteiger partial charge on any atom is 0.160 e. The van der Waals surface area contributed by atoms with E-state index in [1.165, 1.54) is 27.8 Å². The highest BCUT2D eigenvalue weighted by atomic mass is 16.3. The molecule has 9 aromatic carbocycles. The molecule has 11 aromatic rings. The van der Waals surface area contributed by atoms with E-state index in [2.05, 4.69) is 200 Å². The summed E-state index contributed by atoms with van der Waals surface area (Å²) in [7, 11) is 0. The van der Waals surface area contributed by atoms with Gasteiger partial charge in [-0.1, -0.05) is 176 Å². The highest BCUT2D eigenvalue weighted by Crippen LogP contribution is 2.38.